The van der Waals surface area contributed by atoms with E-state index in [1.807, 2.05) is 0 Å². The summed E-state index contributed by atoms with van der Waals surface area (Å²) >= 11 is 0. The molecular weight excluding hydrogens is 269 g/mol. The maximum Gasteiger partial charge on any atom is 0.103 e. The summed E-state index contributed by atoms with van der Waals surface area (Å²) in [4.78, 5) is 7.29. The molecule has 1 aliphatic rings. The summed E-state index contributed by atoms with van der Waals surface area (Å²) in [5.74, 6) is 0. The standard InChI is InChI=1S/C18H26BN3/c1-22(12-10-19)13-11-20-18-14-6-2-4-8-16(14)21-17-9-5-3-7-15(17)18/h2,4,6,8H,3,5,7,9-13,19H2,1H3,(H,20,21). The fraction of sp³-hybridized carbons (Fsp3) is 0.500. The number of rotatable bonds is 6. The summed E-state index contributed by atoms with van der Waals surface area (Å²) in [5.41, 5.74) is 5.25. The van der Waals surface area contributed by atoms with Crippen LogP contribution in [-0.4, -0.2) is 44.4 Å². The van der Waals surface area contributed by atoms with Gasteiger partial charge in [0, 0.05) is 29.9 Å². The van der Waals surface area contributed by atoms with Crippen LogP contribution in [0.15, 0.2) is 24.3 Å². The lowest BCUT2D eigenvalue weighted by atomic mass is 9.92. The molecule has 4 heteroatoms. The van der Waals surface area contributed by atoms with Crippen molar-refractivity contribution >= 4 is 24.4 Å². The number of aromatic nitrogens is 1. The second-order valence-electron chi connectivity index (χ2n) is 6.37. The Kier molecular flexibility index (Phi) is 4.99. The highest BCUT2D eigenvalue weighted by Gasteiger charge is 2.17. The van der Waals surface area contributed by atoms with Gasteiger partial charge in [-0.15, -0.1) is 0 Å². The highest BCUT2D eigenvalue weighted by atomic mass is 15.1. The third-order valence-corrected chi connectivity index (χ3v) is 4.57. The van der Waals surface area contributed by atoms with E-state index < -0.39 is 0 Å². The van der Waals surface area contributed by atoms with E-state index in [4.69, 9.17) is 4.98 Å². The van der Waals surface area contributed by atoms with Gasteiger partial charge in [-0.2, -0.15) is 0 Å². The molecule has 0 saturated carbocycles. The number of likely N-dealkylation sites (N-methyl/N-ethyl adjacent to an activating group) is 1. The lowest BCUT2D eigenvalue weighted by Crippen LogP contribution is -2.26. The van der Waals surface area contributed by atoms with E-state index >= 15 is 0 Å². The number of nitrogens with zero attached hydrogens (tertiary/aromatic N) is 2. The van der Waals surface area contributed by atoms with Gasteiger partial charge in [0.2, 0.25) is 0 Å². The number of nitrogens with one attached hydrogen (secondary N) is 1. The van der Waals surface area contributed by atoms with Crippen molar-refractivity contribution in [2.24, 2.45) is 0 Å². The predicted octanol–water partition coefficient (Wildman–Crippen LogP) is 2.51. The first-order chi connectivity index (χ1) is 10.8. The Balaban J connectivity index is 1.86. The van der Waals surface area contributed by atoms with E-state index in [-0.39, 0.29) is 0 Å². The summed E-state index contributed by atoms with van der Waals surface area (Å²) in [6.07, 6.45) is 6.07. The second kappa shape index (κ2) is 7.14. The summed E-state index contributed by atoms with van der Waals surface area (Å²) in [6, 6.07) is 8.55. The Morgan fingerprint density at radius 3 is 2.86 bits per heavy atom. The van der Waals surface area contributed by atoms with Crippen LogP contribution in [0.3, 0.4) is 0 Å². The van der Waals surface area contributed by atoms with Crippen LogP contribution in [0.4, 0.5) is 5.69 Å². The third-order valence-electron chi connectivity index (χ3n) is 4.57. The molecule has 1 heterocycles. The number of hydrogen-bond acceptors (Lipinski definition) is 3. The van der Waals surface area contributed by atoms with E-state index in [1.54, 1.807) is 0 Å². The van der Waals surface area contributed by atoms with Gasteiger partial charge in [-0.1, -0.05) is 24.5 Å². The minimum Gasteiger partial charge on any atom is -0.383 e. The van der Waals surface area contributed by atoms with Crippen LogP contribution in [0.5, 0.6) is 0 Å². The average Bonchev–Trinajstić information content (AvgIpc) is 2.54. The molecule has 0 atom stereocenters. The normalized spacial score (nSPS) is 14.3. The van der Waals surface area contributed by atoms with Gasteiger partial charge in [0.15, 0.2) is 0 Å². The van der Waals surface area contributed by atoms with Crippen molar-refractivity contribution in [1.29, 1.82) is 0 Å². The zero-order valence-electron chi connectivity index (χ0n) is 13.9. The van der Waals surface area contributed by atoms with Crippen LogP contribution < -0.4 is 5.32 Å². The predicted molar refractivity (Wildman–Crippen MR) is 97.7 cm³/mol. The van der Waals surface area contributed by atoms with Gasteiger partial charge in [0.25, 0.3) is 0 Å². The molecule has 0 amide bonds. The Morgan fingerprint density at radius 1 is 1.18 bits per heavy atom. The molecule has 1 aromatic carbocycles. The Hall–Kier alpha value is -1.55. The molecule has 3 nitrogen and oxygen atoms in total. The van der Waals surface area contributed by atoms with E-state index in [0.717, 1.165) is 31.6 Å². The number of anilines is 1. The first-order valence-electron chi connectivity index (χ1n) is 8.62. The van der Waals surface area contributed by atoms with E-state index in [2.05, 4.69) is 49.4 Å². The molecule has 0 saturated heterocycles. The van der Waals surface area contributed by atoms with Gasteiger partial charge in [-0.25, -0.2) is 0 Å². The van der Waals surface area contributed by atoms with Gasteiger partial charge in [-0.05, 0) is 50.9 Å². The summed E-state index contributed by atoms with van der Waals surface area (Å²) in [5, 5.41) is 5.00. The summed E-state index contributed by atoms with van der Waals surface area (Å²) < 4.78 is 0. The quantitative estimate of drug-likeness (QED) is 0.830. The highest BCUT2D eigenvalue weighted by Crippen LogP contribution is 2.33. The number of fused-ring (bicyclic) bond motifs is 2. The van der Waals surface area contributed by atoms with Crippen LogP contribution >= 0.6 is 0 Å². The first kappa shape index (κ1) is 15.4. The van der Waals surface area contributed by atoms with Gasteiger partial charge in [-0.3, -0.25) is 4.98 Å². The van der Waals surface area contributed by atoms with E-state index in [9.17, 15) is 0 Å². The van der Waals surface area contributed by atoms with Crippen molar-refractivity contribution in [2.75, 3.05) is 32.0 Å². The van der Waals surface area contributed by atoms with Crippen LogP contribution in [0, 0.1) is 0 Å². The molecule has 2 aromatic rings. The van der Waals surface area contributed by atoms with Crippen molar-refractivity contribution in [3.05, 3.63) is 35.5 Å². The molecular formula is C18H26BN3. The molecule has 3 rings (SSSR count). The van der Waals surface area contributed by atoms with Crippen LogP contribution in [0.1, 0.15) is 24.1 Å². The van der Waals surface area contributed by atoms with E-state index in [1.165, 1.54) is 47.9 Å². The number of aryl methyl sites for hydroxylation is 1. The molecule has 22 heavy (non-hydrogen) atoms. The second-order valence-corrected chi connectivity index (χ2v) is 6.37. The number of hydrogen-bond donors (Lipinski definition) is 1. The largest absolute Gasteiger partial charge is 0.383 e. The Labute approximate surface area is 134 Å². The lowest BCUT2D eigenvalue weighted by Gasteiger charge is -2.23. The van der Waals surface area contributed by atoms with E-state index in [0.29, 0.717) is 0 Å². The summed E-state index contributed by atoms with van der Waals surface area (Å²) in [7, 11) is 4.43. The summed E-state index contributed by atoms with van der Waals surface area (Å²) in [6.45, 7) is 3.24. The average molecular weight is 295 g/mol. The fourth-order valence-electron chi connectivity index (χ4n) is 3.44. The molecule has 0 radical (unpaired) electrons. The van der Waals surface area contributed by atoms with Crippen molar-refractivity contribution in [3.8, 4) is 0 Å². The third kappa shape index (κ3) is 3.27. The topological polar surface area (TPSA) is 28.2 Å². The van der Waals surface area contributed by atoms with Crippen molar-refractivity contribution < 1.29 is 0 Å². The molecule has 0 bridgehead atoms. The highest BCUT2D eigenvalue weighted by molar-refractivity contribution is 6.08. The molecule has 0 spiro atoms. The smallest absolute Gasteiger partial charge is 0.103 e. The zero-order valence-corrected chi connectivity index (χ0v) is 13.9. The minimum atomic E-state index is 0.997. The molecule has 0 unspecified atom stereocenters. The number of para-hydroxylation sites is 1. The van der Waals surface area contributed by atoms with Crippen LogP contribution in [-0.2, 0) is 12.8 Å². The zero-order chi connectivity index (χ0) is 15.4. The van der Waals surface area contributed by atoms with Crippen molar-refractivity contribution in [1.82, 2.24) is 9.88 Å². The van der Waals surface area contributed by atoms with Gasteiger partial charge < -0.3 is 10.2 Å². The lowest BCUT2D eigenvalue weighted by molar-refractivity contribution is 0.367. The number of pyridine rings is 1. The van der Waals surface area contributed by atoms with Crippen LogP contribution in [0.25, 0.3) is 10.9 Å². The molecule has 0 aliphatic heterocycles. The minimum absolute atomic E-state index is 0.997. The Bertz CT molecular complexity index is 642. The van der Waals surface area contributed by atoms with Crippen molar-refractivity contribution in [2.45, 2.75) is 32.0 Å². The van der Waals surface area contributed by atoms with Gasteiger partial charge in [0.1, 0.15) is 7.85 Å². The molecule has 0 fully saturated rings. The fourth-order valence-corrected chi connectivity index (χ4v) is 3.44. The monoisotopic (exact) mass is 295 g/mol. The maximum atomic E-state index is 4.90. The van der Waals surface area contributed by atoms with Gasteiger partial charge in [0.05, 0.1) is 5.52 Å². The van der Waals surface area contributed by atoms with Crippen molar-refractivity contribution in [3.63, 3.8) is 0 Å². The molecule has 116 valence electrons. The van der Waals surface area contributed by atoms with Crippen LogP contribution in [0.2, 0.25) is 6.32 Å². The van der Waals surface area contributed by atoms with Gasteiger partial charge >= 0.3 is 0 Å². The Morgan fingerprint density at radius 2 is 2.00 bits per heavy atom. The number of benzene rings is 1. The first-order valence-corrected chi connectivity index (χ1v) is 8.62. The molecule has 1 aliphatic carbocycles. The maximum absolute atomic E-state index is 4.90. The molecule has 1 N–H and O–H groups in total. The molecule has 1 aromatic heterocycles. The SMILES string of the molecule is BCCN(C)CCNc1c2c(nc3ccccc13)CCCC2.